The second kappa shape index (κ2) is 9.60. The molecule has 0 saturated heterocycles. The quantitative estimate of drug-likeness (QED) is 0.323. The van der Waals surface area contributed by atoms with E-state index in [2.05, 4.69) is 4.18 Å². The predicted octanol–water partition coefficient (Wildman–Crippen LogP) is 4.47. The van der Waals surface area contributed by atoms with Crippen molar-refractivity contribution in [3.63, 3.8) is 0 Å². The molecule has 33 heavy (non-hydrogen) atoms. The molecule has 1 aliphatic rings. The summed E-state index contributed by atoms with van der Waals surface area (Å²) in [4.78, 5) is 12.5. The molecule has 11 heteroatoms. The topological polar surface area (TPSA) is 88.1 Å². The monoisotopic (exact) mass is 488 g/mol. The average molecular weight is 488 g/mol. The zero-order chi connectivity index (χ0) is 24.4. The van der Waals surface area contributed by atoms with Gasteiger partial charge in [-0.05, 0) is 61.6 Å². The van der Waals surface area contributed by atoms with Crippen LogP contribution in [-0.4, -0.2) is 40.2 Å². The van der Waals surface area contributed by atoms with E-state index in [1.54, 1.807) is 32.0 Å². The minimum absolute atomic E-state index is 0.0138. The van der Waals surface area contributed by atoms with Gasteiger partial charge in [-0.25, -0.2) is 4.79 Å². The Morgan fingerprint density at radius 3 is 2.58 bits per heavy atom. The number of alkyl halides is 3. The number of fused-ring (bicyclic) bond motifs is 1. The molecule has 1 atom stereocenters. The third-order valence-corrected chi connectivity index (χ3v) is 6.08. The third kappa shape index (κ3) is 5.09. The Bertz CT molecular complexity index is 1140. The molecule has 0 fully saturated rings. The molecule has 1 aliphatic heterocycles. The van der Waals surface area contributed by atoms with E-state index >= 15 is 0 Å². The van der Waals surface area contributed by atoms with E-state index in [4.69, 9.17) is 14.2 Å². The Morgan fingerprint density at radius 2 is 1.94 bits per heavy atom. The first-order valence-corrected chi connectivity index (χ1v) is 11.5. The highest BCUT2D eigenvalue weighted by molar-refractivity contribution is 7.88. The fourth-order valence-corrected chi connectivity index (χ4v) is 4.10. The number of rotatable bonds is 7. The van der Waals surface area contributed by atoms with E-state index in [-0.39, 0.29) is 17.7 Å². The standard InChI is InChI=1S/C22H23F3O7S/c1-4-30-20(21(26)29-3)18-13(2)7-9-17(32-33(27,28)22(23,24)25)19(18)15-8-10-16-14(12-15)6-5-11-31-16/h7-10,12,20H,4-6,11H2,1-3H3. The van der Waals surface area contributed by atoms with Gasteiger partial charge in [0.2, 0.25) is 0 Å². The molecule has 0 radical (unpaired) electrons. The zero-order valence-corrected chi connectivity index (χ0v) is 19.0. The number of methoxy groups -OCH3 is 1. The summed E-state index contributed by atoms with van der Waals surface area (Å²) < 4.78 is 83.5. The number of hydrogen-bond acceptors (Lipinski definition) is 7. The minimum Gasteiger partial charge on any atom is -0.493 e. The summed E-state index contributed by atoms with van der Waals surface area (Å²) in [5.41, 5.74) is -3.89. The molecule has 180 valence electrons. The smallest absolute Gasteiger partial charge is 0.493 e. The van der Waals surface area contributed by atoms with Crippen LogP contribution in [0.3, 0.4) is 0 Å². The zero-order valence-electron chi connectivity index (χ0n) is 18.2. The lowest BCUT2D eigenvalue weighted by atomic mass is 9.89. The maximum Gasteiger partial charge on any atom is 0.534 e. The molecule has 0 spiro atoms. The van der Waals surface area contributed by atoms with Crippen LogP contribution in [0.2, 0.25) is 0 Å². The Morgan fingerprint density at radius 1 is 1.21 bits per heavy atom. The number of ether oxygens (including phenoxy) is 3. The fourth-order valence-electron chi connectivity index (χ4n) is 3.63. The second-order valence-corrected chi connectivity index (χ2v) is 8.82. The Balaban J connectivity index is 2.30. The van der Waals surface area contributed by atoms with Gasteiger partial charge in [-0.15, -0.1) is 0 Å². The van der Waals surface area contributed by atoms with Crippen molar-refractivity contribution >= 4 is 16.1 Å². The van der Waals surface area contributed by atoms with E-state index in [1.165, 1.54) is 6.07 Å². The summed E-state index contributed by atoms with van der Waals surface area (Å²) in [5.74, 6) is -0.754. The van der Waals surface area contributed by atoms with Crippen molar-refractivity contribution in [2.45, 2.75) is 38.3 Å². The molecule has 0 aromatic heterocycles. The Hall–Kier alpha value is -2.79. The summed E-state index contributed by atoms with van der Waals surface area (Å²) >= 11 is 0. The van der Waals surface area contributed by atoms with E-state index in [1.807, 2.05) is 0 Å². The lowest BCUT2D eigenvalue weighted by molar-refractivity contribution is -0.154. The van der Waals surface area contributed by atoms with Gasteiger partial charge in [0.1, 0.15) is 5.75 Å². The number of benzene rings is 2. The van der Waals surface area contributed by atoms with Gasteiger partial charge in [-0.3, -0.25) is 0 Å². The maximum atomic E-state index is 13.1. The molecule has 2 aromatic carbocycles. The van der Waals surface area contributed by atoms with Crippen LogP contribution in [0.25, 0.3) is 11.1 Å². The molecule has 1 heterocycles. The van der Waals surface area contributed by atoms with Crippen molar-refractivity contribution in [3.8, 4) is 22.6 Å². The first-order valence-electron chi connectivity index (χ1n) is 10.1. The lowest BCUT2D eigenvalue weighted by Crippen LogP contribution is -2.28. The maximum absolute atomic E-state index is 13.1. The Kier molecular flexibility index (Phi) is 7.23. The number of carbonyl (C=O) groups excluding carboxylic acids is 1. The molecule has 1 unspecified atom stereocenters. The van der Waals surface area contributed by atoms with Crippen LogP contribution >= 0.6 is 0 Å². The normalized spacial score (nSPS) is 14.7. The van der Waals surface area contributed by atoms with Crippen LogP contribution < -0.4 is 8.92 Å². The van der Waals surface area contributed by atoms with Gasteiger partial charge >= 0.3 is 21.6 Å². The van der Waals surface area contributed by atoms with Crippen molar-refractivity contribution in [1.29, 1.82) is 0 Å². The van der Waals surface area contributed by atoms with Crippen molar-refractivity contribution in [2.24, 2.45) is 0 Å². The van der Waals surface area contributed by atoms with Gasteiger partial charge in [-0.1, -0.05) is 12.1 Å². The molecule has 7 nitrogen and oxygen atoms in total. The molecule has 3 rings (SSSR count). The first-order chi connectivity index (χ1) is 15.5. The van der Waals surface area contributed by atoms with Gasteiger partial charge in [0, 0.05) is 17.7 Å². The van der Waals surface area contributed by atoms with Crippen LogP contribution in [0.15, 0.2) is 30.3 Å². The largest absolute Gasteiger partial charge is 0.534 e. The average Bonchev–Trinajstić information content (AvgIpc) is 2.77. The number of aryl methyl sites for hydroxylation is 2. The fraction of sp³-hybridized carbons (Fsp3) is 0.409. The summed E-state index contributed by atoms with van der Waals surface area (Å²) in [6.45, 7) is 3.88. The van der Waals surface area contributed by atoms with Gasteiger partial charge in [-0.2, -0.15) is 21.6 Å². The summed E-state index contributed by atoms with van der Waals surface area (Å²) in [5, 5.41) is 0. The van der Waals surface area contributed by atoms with Gasteiger partial charge in [0.25, 0.3) is 0 Å². The molecule has 2 aromatic rings. The van der Waals surface area contributed by atoms with Crippen LogP contribution in [0.1, 0.15) is 36.1 Å². The van der Waals surface area contributed by atoms with Crippen LogP contribution in [0, 0.1) is 6.92 Å². The van der Waals surface area contributed by atoms with Gasteiger partial charge in [0.05, 0.1) is 13.7 Å². The predicted molar refractivity (Wildman–Crippen MR) is 112 cm³/mol. The van der Waals surface area contributed by atoms with Gasteiger partial charge < -0.3 is 18.4 Å². The van der Waals surface area contributed by atoms with E-state index in [9.17, 15) is 26.4 Å². The molecular formula is C22H23F3O7S. The molecule has 0 saturated carbocycles. The van der Waals surface area contributed by atoms with Crippen molar-refractivity contribution < 1.29 is 44.8 Å². The van der Waals surface area contributed by atoms with Crippen molar-refractivity contribution in [1.82, 2.24) is 0 Å². The Labute approximate surface area is 189 Å². The van der Waals surface area contributed by atoms with Crippen LogP contribution in [-0.2, 0) is 30.8 Å². The van der Waals surface area contributed by atoms with Crippen molar-refractivity contribution in [2.75, 3.05) is 20.3 Å². The van der Waals surface area contributed by atoms with Gasteiger partial charge in [0.15, 0.2) is 11.9 Å². The highest BCUT2D eigenvalue weighted by atomic mass is 32.2. The molecule has 0 aliphatic carbocycles. The number of hydrogen-bond donors (Lipinski definition) is 0. The first kappa shape index (κ1) is 24.8. The number of esters is 1. The van der Waals surface area contributed by atoms with E-state index in [0.717, 1.165) is 25.2 Å². The minimum atomic E-state index is -5.97. The van der Waals surface area contributed by atoms with Crippen LogP contribution in [0.5, 0.6) is 11.5 Å². The van der Waals surface area contributed by atoms with Crippen molar-refractivity contribution in [3.05, 3.63) is 47.0 Å². The summed E-state index contributed by atoms with van der Waals surface area (Å²) in [6.07, 6.45) is 0.0827. The third-order valence-electron chi connectivity index (χ3n) is 5.12. The SMILES string of the molecule is CCOC(C(=O)OC)c1c(C)ccc(OS(=O)(=O)C(F)(F)F)c1-c1ccc2c(c1)CCCO2. The summed E-state index contributed by atoms with van der Waals surface area (Å²) in [6, 6.07) is 7.37. The molecule has 0 N–H and O–H groups in total. The highest BCUT2D eigenvalue weighted by Gasteiger charge is 2.49. The molecule has 0 amide bonds. The second-order valence-electron chi connectivity index (χ2n) is 7.29. The highest BCUT2D eigenvalue weighted by Crippen LogP contribution is 2.43. The summed E-state index contributed by atoms with van der Waals surface area (Å²) in [7, 11) is -4.83. The van der Waals surface area contributed by atoms with E-state index in [0.29, 0.717) is 29.9 Å². The number of halogens is 3. The van der Waals surface area contributed by atoms with Crippen LogP contribution in [0.4, 0.5) is 13.2 Å². The number of carbonyl (C=O) groups is 1. The lowest BCUT2D eigenvalue weighted by Gasteiger charge is -2.24. The molecular weight excluding hydrogens is 465 g/mol. The van der Waals surface area contributed by atoms with E-state index < -0.39 is 33.4 Å². The molecule has 0 bridgehead atoms.